The molecule has 0 rings (SSSR count). The van der Waals surface area contributed by atoms with Crippen LogP contribution in [0.3, 0.4) is 0 Å². The molecule has 1 atom stereocenters. The van der Waals surface area contributed by atoms with E-state index in [0.29, 0.717) is 12.3 Å². The Labute approximate surface area is 90.7 Å². The van der Waals surface area contributed by atoms with Crippen LogP contribution in [0.2, 0.25) is 0 Å². The maximum absolute atomic E-state index is 12.5. The molecule has 16 heavy (non-hydrogen) atoms. The van der Waals surface area contributed by atoms with E-state index in [1.54, 1.807) is 6.92 Å². The quantitative estimate of drug-likeness (QED) is 0.564. The Bertz CT molecular complexity index is 316. The van der Waals surface area contributed by atoms with Gasteiger partial charge in [-0.1, -0.05) is 6.92 Å². The molecule has 0 radical (unpaired) electrons. The SMILES string of the molecule is CCCS(=O)C#CC(F)(F)C(F)(F)C(F)F. The minimum atomic E-state index is -5.55. The van der Waals surface area contributed by atoms with E-state index in [2.05, 4.69) is 0 Å². The van der Waals surface area contributed by atoms with Gasteiger partial charge in [0.15, 0.2) is 0 Å². The Hall–Kier alpha value is -0.710. The summed E-state index contributed by atoms with van der Waals surface area (Å²) >= 11 is 0. The van der Waals surface area contributed by atoms with Crippen molar-refractivity contribution in [1.82, 2.24) is 0 Å². The van der Waals surface area contributed by atoms with Gasteiger partial charge in [0.25, 0.3) is 0 Å². The topological polar surface area (TPSA) is 17.1 Å². The molecule has 1 unspecified atom stereocenters. The summed E-state index contributed by atoms with van der Waals surface area (Å²) in [6.07, 6.45) is -4.19. The molecule has 94 valence electrons. The molecule has 8 heteroatoms. The predicted molar refractivity (Wildman–Crippen MR) is 47.0 cm³/mol. The lowest BCUT2D eigenvalue weighted by Crippen LogP contribution is -2.45. The van der Waals surface area contributed by atoms with Crippen molar-refractivity contribution >= 4 is 10.8 Å². The van der Waals surface area contributed by atoms with Gasteiger partial charge in [0, 0.05) is 11.0 Å². The molecular weight excluding hydrogens is 258 g/mol. The molecule has 0 amide bonds. The van der Waals surface area contributed by atoms with E-state index in [9.17, 15) is 30.6 Å². The maximum atomic E-state index is 12.5. The zero-order chi connectivity index (χ0) is 13.0. The highest BCUT2D eigenvalue weighted by atomic mass is 32.2. The fourth-order valence-electron chi connectivity index (χ4n) is 0.578. The largest absolute Gasteiger partial charge is 0.380 e. The average Bonchev–Trinajstić information content (AvgIpc) is 2.15. The number of alkyl halides is 6. The van der Waals surface area contributed by atoms with Crippen LogP contribution >= 0.6 is 0 Å². The molecule has 0 N–H and O–H groups in total. The lowest BCUT2D eigenvalue weighted by atomic mass is 10.2. The van der Waals surface area contributed by atoms with Gasteiger partial charge in [0.2, 0.25) is 0 Å². The molecule has 0 aliphatic carbocycles. The van der Waals surface area contributed by atoms with E-state index in [4.69, 9.17) is 0 Å². The summed E-state index contributed by atoms with van der Waals surface area (Å²) in [4.78, 5) is 0. The number of hydrogen-bond acceptors (Lipinski definition) is 1. The minimum Gasteiger partial charge on any atom is -0.246 e. The minimum absolute atomic E-state index is 0.0800. The van der Waals surface area contributed by atoms with Crippen LogP contribution in [0.1, 0.15) is 13.3 Å². The lowest BCUT2D eigenvalue weighted by Gasteiger charge is -2.20. The molecule has 0 fully saturated rings. The average molecular weight is 266 g/mol. The van der Waals surface area contributed by atoms with Crippen LogP contribution in [0.25, 0.3) is 0 Å². The molecule has 1 nitrogen and oxygen atoms in total. The van der Waals surface area contributed by atoms with Gasteiger partial charge in [0.1, 0.15) is 0 Å². The van der Waals surface area contributed by atoms with E-state index < -0.39 is 29.1 Å². The van der Waals surface area contributed by atoms with Crippen molar-refractivity contribution in [3.8, 4) is 11.2 Å². The smallest absolute Gasteiger partial charge is 0.246 e. The lowest BCUT2D eigenvalue weighted by molar-refractivity contribution is -0.237. The molecule has 0 aromatic heterocycles. The molecule has 0 aliphatic rings. The van der Waals surface area contributed by atoms with Crippen LogP contribution in [-0.4, -0.2) is 28.2 Å². The number of rotatable bonds is 4. The highest BCUT2D eigenvalue weighted by Crippen LogP contribution is 2.38. The van der Waals surface area contributed by atoms with Crippen LogP contribution in [0.5, 0.6) is 0 Å². The fourth-order valence-corrected chi connectivity index (χ4v) is 1.29. The van der Waals surface area contributed by atoms with Crippen LogP contribution in [-0.2, 0) is 10.8 Å². The van der Waals surface area contributed by atoms with Crippen LogP contribution in [0.4, 0.5) is 26.3 Å². The van der Waals surface area contributed by atoms with Gasteiger partial charge in [0.05, 0.1) is 10.8 Å². The second-order valence-corrected chi connectivity index (χ2v) is 4.08. The number of halogens is 6. The van der Waals surface area contributed by atoms with E-state index in [1.165, 1.54) is 5.25 Å². The summed E-state index contributed by atoms with van der Waals surface area (Å²) in [6.45, 7) is 1.57. The highest BCUT2D eigenvalue weighted by Gasteiger charge is 2.62. The van der Waals surface area contributed by atoms with Crippen molar-refractivity contribution in [2.24, 2.45) is 0 Å². The first kappa shape index (κ1) is 15.3. The van der Waals surface area contributed by atoms with Gasteiger partial charge in [-0.15, -0.1) is 0 Å². The Morgan fingerprint density at radius 3 is 2.12 bits per heavy atom. The van der Waals surface area contributed by atoms with Crippen molar-refractivity contribution in [2.45, 2.75) is 31.6 Å². The zero-order valence-electron chi connectivity index (χ0n) is 8.08. The normalized spacial score (nSPS) is 14.5. The summed E-state index contributed by atoms with van der Waals surface area (Å²) in [7, 11) is -2.03. The third-order valence-corrected chi connectivity index (χ3v) is 2.51. The summed E-state index contributed by atoms with van der Waals surface area (Å²) in [6, 6.07) is 0. The van der Waals surface area contributed by atoms with Crippen LogP contribution in [0, 0.1) is 11.2 Å². The predicted octanol–water partition coefficient (Wildman–Crippen LogP) is 2.64. The first-order chi connectivity index (χ1) is 7.15. The third kappa shape index (κ3) is 3.70. The van der Waals surface area contributed by atoms with Crippen molar-refractivity contribution in [1.29, 1.82) is 0 Å². The standard InChI is InChI=1S/C8H8F6OS/c1-2-4-16(15)5-3-7(11,12)8(13,14)6(9)10/h6H,2,4H2,1H3. The Balaban J connectivity index is 4.87. The van der Waals surface area contributed by atoms with Crippen molar-refractivity contribution in [3.05, 3.63) is 0 Å². The van der Waals surface area contributed by atoms with E-state index >= 15 is 0 Å². The van der Waals surface area contributed by atoms with Crippen molar-refractivity contribution in [2.75, 3.05) is 5.75 Å². The van der Waals surface area contributed by atoms with E-state index in [0.717, 1.165) is 0 Å². The highest BCUT2D eigenvalue weighted by molar-refractivity contribution is 7.89. The molecule has 0 spiro atoms. The first-order valence-corrected chi connectivity index (χ1v) is 5.42. The van der Waals surface area contributed by atoms with Gasteiger partial charge in [-0.3, -0.25) is 0 Å². The molecular formula is C8H8F6OS. The maximum Gasteiger partial charge on any atom is 0.380 e. The first-order valence-electron chi connectivity index (χ1n) is 4.10. The monoisotopic (exact) mass is 266 g/mol. The van der Waals surface area contributed by atoms with E-state index in [-0.39, 0.29) is 5.75 Å². The van der Waals surface area contributed by atoms with Gasteiger partial charge < -0.3 is 0 Å². The van der Waals surface area contributed by atoms with Crippen molar-refractivity contribution < 1.29 is 30.6 Å². The molecule has 0 saturated carbocycles. The second-order valence-electron chi connectivity index (χ2n) is 2.77. The Kier molecular flexibility index (Phi) is 5.32. The molecule has 0 aliphatic heterocycles. The van der Waals surface area contributed by atoms with Gasteiger partial charge in [-0.25, -0.2) is 13.0 Å². The number of hydrogen-bond donors (Lipinski definition) is 0. The second kappa shape index (κ2) is 5.57. The van der Waals surface area contributed by atoms with Crippen molar-refractivity contribution in [3.63, 3.8) is 0 Å². The van der Waals surface area contributed by atoms with Gasteiger partial charge in [-0.2, -0.15) is 17.6 Å². The van der Waals surface area contributed by atoms with Gasteiger partial charge >= 0.3 is 18.3 Å². The summed E-state index contributed by atoms with van der Waals surface area (Å²) < 4.78 is 83.5. The molecule has 0 aromatic carbocycles. The molecule has 0 saturated heterocycles. The van der Waals surface area contributed by atoms with Crippen LogP contribution < -0.4 is 0 Å². The Morgan fingerprint density at radius 2 is 1.75 bits per heavy atom. The summed E-state index contributed by atoms with van der Waals surface area (Å²) in [5.74, 6) is -10.2. The van der Waals surface area contributed by atoms with E-state index in [1.807, 2.05) is 0 Å². The third-order valence-electron chi connectivity index (χ3n) is 1.40. The molecule has 0 aromatic rings. The van der Waals surface area contributed by atoms with Crippen LogP contribution in [0.15, 0.2) is 0 Å². The summed E-state index contributed by atoms with van der Waals surface area (Å²) in [5.41, 5.74) is 0. The molecule has 0 bridgehead atoms. The summed E-state index contributed by atoms with van der Waals surface area (Å²) in [5, 5.41) is 1.34. The fraction of sp³-hybridized carbons (Fsp3) is 0.750. The Morgan fingerprint density at radius 1 is 1.25 bits per heavy atom. The zero-order valence-corrected chi connectivity index (χ0v) is 8.89. The van der Waals surface area contributed by atoms with Gasteiger partial charge in [-0.05, 0) is 12.3 Å². The molecule has 0 heterocycles.